The zero-order valence-electron chi connectivity index (χ0n) is 21.3. The van der Waals surface area contributed by atoms with E-state index in [0.29, 0.717) is 17.7 Å². The number of para-hydroxylation sites is 1. The number of alkyl halides is 6. The summed E-state index contributed by atoms with van der Waals surface area (Å²) in [5.41, 5.74) is -0.920. The minimum atomic E-state index is -4.99. The molecule has 4 rings (SSSR count). The number of hydrogen-bond acceptors (Lipinski definition) is 3. The maximum absolute atomic E-state index is 13.2. The zero-order valence-corrected chi connectivity index (χ0v) is 22.1. The molecular formula is C28H25ClF6N4O2. The van der Waals surface area contributed by atoms with Crippen LogP contribution in [0.4, 0.5) is 31.1 Å². The van der Waals surface area contributed by atoms with Crippen LogP contribution in [-0.4, -0.2) is 27.8 Å². The van der Waals surface area contributed by atoms with Gasteiger partial charge in [-0.15, -0.1) is 12.4 Å². The van der Waals surface area contributed by atoms with E-state index in [1.807, 2.05) is 18.2 Å². The molecule has 2 heterocycles. The van der Waals surface area contributed by atoms with Crippen LogP contribution in [0.1, 0.15) is 34.2 Å². The van der Waals surface area contributed by atoms with E-state index in [2.05, 4.69) is 20.6 Å². The Morgan fingerprint density at radius 2 is 1.51 bits per heavy atom. The summed E-state index contributed by atoms with van der Waals surface area (Å²) >= 11 is 0. The summed E-state index contributed by atoms with van der Waals surface area (Å²) in [4.78, 5) is 32.9. The highest BCUT2D eigenvalue weighted by atomic mass is 35.5. The lowest BCUT2D eigenvalue weighted by atomic mass is 9.96. The summed E-state index contributed by atoms with van der Waals surface area (Å²) in [6.07, 6.45) is -5.91. The number of pyridine rings is 1. The first-order chi connectivity index (χ1) is 18.9. The number of ketones is 1. The first-order valence-electron chi connectivity index (χ1n) is 12.2. The number of nitrogens with one attached hydrogen (secondary N) is 3. The summed E-state index contributed by atoms with van der Waals surface area (Å²) in [7, 11) is 0. The molecule has 218 valence electrons. The second-order valence-corrected chi connectivity index (χ2v) is 9.18. The second kappa shape index (κ2) is 13.1. The minimum absolute atomic E-state index is 0. The Hall–Kier alpha value is -4.06. The zero-order chi connectivity index (χ0) is 28.9. The quantitative estimate of drug-likeness (QED) is 0.189. The van der Waals surface area contributed by atoms with Gasteiger partial charge >= 0.3 is 18.4 Å². The smallest absolute Gasteiger partial charge is 0.361 e. The average Bonchev–Trinajstić information content (AvgIpc) is 3.32. The maximum Gasteiger partial charge on any atom is 0.416 e. The molecule has 2 aromatic heterocycles. The van der Waals surface area contributed by atoms with Crippen LogP contribution in [0.25, 0.3) is 10.9 Å². The molecule has 2 amide bonds. The van der Waals surface area contributed by atoms with Crippen molar-refractivity contribution in [2.75, 3.05) is 0 Å². The molecule has 0 spiro atoms. The van der Waals surface area contributed by atoms with Crippen molar-refractivity contribution in [1.82, 2.24) is 20.6 Å². The van der Waals surface area contributed by atoms with E-state index in [1.165, 1.54) is 0 Å². The molecule has 0 radical (unpaired) electrons. The fraction of sp³-hybridized carbons (Fsp3) is 0.250. The van der Waals surface area contributed by atoms with Gasteiger partial charge in [0.2, 0.25) is 0 Å². The molecule has 0 saturated heterocycles. The molecule has 0 aliphatic rings. The normalized spacial score (nSPS) is 12.4. The van der Waals surface area contributed by atoms with Crippen molar-refractivity contribution in [2.45, 2.75) is 44.2 Å². The van der Waals surface area contributed by atoms with E-state index in [-0.39, 0.29) is 43.4 Å². The number of carbonyl (C=O) groups is 2. The van der Waals surface area contributed by atoms with Gasteiger partial charge in [0.1, 0.15) is 0 Å². The largest absolute Gasteiger partial charge is 0.416 e. The topological polar surface area (TPSA) is 86.9 Å². The van der Waals surface area contributed by atoms with E-state index in [4.69, 9.17) is 0 Å². The fourth-order valence-electron chi connectivity index (χ4n) is 4.26. The van der Waals surface area contributed by atoms with E-state index in [9.17, 15) is 35.9 Å². The van der Waals surface area contributed by atoms with E-state index in [0.717, 1.165) is 16.5 Å². The number of nitrogens with zero attached hydrogens (tertiary/aromatic N) is 1. The van der Waals surface area contributed by atoms with Crippen molar-refractivity contribution in [2.24, 2.45) is 0 Å². The molecule has 41 heavy (non-hydrogen) atoms. The SMILES string of the molecule is Cl.O=C(NCc1ccncc1)NC(Cc1c[nH]c2ccccc12)C(=O)CCc1cc(C(F)(F)F)cc(C(F)(F)F)c1. The summed E-state index contributed by atoms with van der Waals surface area (Å²) < 4.78 is 79.5. The van der Waals surface area contributed by atoms with Gasteiger partial charge in [0.05, 0.1) is 17.2 Å². The number of rotatable bonds is 9. The van der Waals surface area contributed by atoms with Gasteiger partial charge in [-0.05, 0) is 59.5 Å². The van der Waals surface area contributed by atoms with Gasteiger partial charge in [0, 0.05) is 48.9 Å². The van der Waals surface area contributed by atoms with Crippen molar-refractivity contribution in [3.8, 4) is 0 Å². The number of halogens is 7. The van der Waals surface area contributed by atoms with Crippen LogP contribution in [0.3, 0.4) is 0 Å². The number of carbonyl (C=O) groups excluding carboxylic acids is 2. The van der Waals surface area contributed by atoms with E-state index in [1.54, 1.807) is 36.8 Å². The van der Waals surface area contributed by atoms with Crippen LogP contribution in [0, 0.1) is 0 Å². The Morgan fingerprint density at radius 1 is 0.878 bits per heavy atom. The van der Waals surface area contributed by atoms with E-state index < -0.39 is 47.8 Å². The minimum Gasteiger partial charge on any atom is -0.361 e. The summed E-state index contributed by atoms with van der Waals surface area (Å²) in [6, 6.07) is 10.2. The molecule has 2 aromatic carbocycles. The predicted octanol–water partition coefficient (Wildman–Crippen LogP) is 6.63. The molecule has 4 aromatic rings. The van der Waals surface area contributed by atoms with Gasteiger partial charge in [-0.3, -0.25) is 9.78 Å². The molecule has 3 N–H and O–H groups in total. The second-order valence-electron chi connectivity index (χ2n) is 9.18. The highest BCUT2D eigenvalue weighted by Gasteiger charge is 2.37. The number of benzene rings is 2. The van der Waals surface area contributed by atoms with Crippen molar-refractivity contribution >= 4 is 35.1 Å². The van der Waals surface area contributed by atoms with Crippen molar-refractivity contribution in [1.29, 1.82) is 0 Å². The summed E-state index contributed by atoms with van der Waals surface area (Å²) in [6.45, 7) is 0.146. The number of H-pyrrole nitrogens is 1. The molecule has 6 nitrogen and oxygen atoms in total. The number of fused-ring (bicyclic) bond motifs is 1. The number of hydrogen-bond donors (Lipinski definition) is 3. The summed E-state index contributed by atoms with van der Waals surface area (Å²) in [5, 5.41) is 6.06. The van der Waals surface area contributed by atoms with Crippen LogP contribution in [0.5, 0.6) is 0 Å². The molecule has 1 atom stereocenters. The Kier molecular flexibility index (Phi) is 10.0. The van der Waals surface area contributed by atoms with Crippen LogP contribution in [0.2, 0.25) is 0 Å². The first kappa shape index (κ1) is 31.5. The van der Waals surface area contributed by atoms with Gasteiger partial charge in [0.25, 0.3) is 0 Å². The monoisotopic (exact) mass is 598 g/mol. The molecule has 0 bridgehead atoms. The van der Waals surface area contributed by atoms with Crippen LogP contribution >= 0.6 is 12.4 Å². The van der Waals surface area contributed by atoms with Crippen LogP contribution in [-0.2, 0) is 36.5 Å². The standard InChI is InChI=1S/C28H24F6N4O2.ClH/c29-27(30,31)20-11-18(12-21(14-20)28(32,33)34)5-6-25(39)24(13-19-16-36-23-4-2-1-3-22(19)23)38-26(40)37-15-17-7-9-35-10-8-17;/h1-4,7-12,14,16,24,36H,5-6,13,15H2,(H2,37,38,40);1H. The number of Topliss-reactive ketones (excluding diaryl/α,β-unsaturated/α-hetero) is 1. The lowest BCUT2D eigenvalue weighted by Gasteiger charge is -2.19. The Balaban J connectivity index is 0.00000462. The number of amides is 2. The Bertz CT molecular complexity index is 1460. The third-order valence-electron chi connectivity index (χ3n) is 6.30. The molecule has 13 heteroatoms. The molecule has 0 saturated carbocycles. The number of aromatic amines is 1. The number of aromatic nitrogens is 2. The highest BCUT2D eigenvalue weighted by molar-refractivity contribution is 5.90. The molecule has 1 unspecified atom stereocenters. The van der Waals surface area contributed by atoms with Crippen molar-refractivity contribution in [3.05, 3.63) is 101 Å². The lowest BCUT2D eigenvalue weighted by Crippen LogP contribution is -2.47. The van der Waals surface area contributed by atoms with Gasteiger partial charge in [-0.2, -0.15) is 26.3 Å². The van der Waals surface area contributed by atoms with Crippen LogP contribution < -0.4 is 10.6 Å². The van der Waals surface area contributed by atoms with E-state index >= 15 is 0 Å². The van der Waals surface area contributed by atoms with Gasteiger partial charge in [0.15, 0.2) is 5.78 Å². The fourth-order valence-corrected chi connectivity index (χ4v) is 4.26. The van der Waals surface area contributed by atoms with Gasteiger partial charge < -0.3 is 15.6 Å². The number of aryl methyl sites for hydroxylation is 1. The highest BCUT2D eigenvalue weighted by Crippen LogP contribution is 2.36. The third kappa shape index (κ3) is 8.46. The predicted molar refractivity (Wildman–Crippen MR) is 142 cm³/mol. The van der Waals surface area contributed by atoms with Gasteiger partial charge in [-0.1, -0.05) is 18.2 Å². The maximum atomic E-state index is 13.2. The lowest BCUT2D eigenvalue weighted by molar-refractivity contribution is -0.143. The molecular weight excluding hydrogens is 574 g/mol. The molecule has 0 aliphatic heterocycles. The van der Waals surface area contributed by atoms with Crippen molar-refractivity contribution in [3.63, 3.8) is 0 Å². The Morgan fingerprint density at radius 3 is 2.15 bits per heavy atom. The summed E-state index contributed by atoms with van der Waals surface area (Å²) in [5.74, 6) is -0.546. The molecule has 0 fully saturated rings. The molecule has 0 aliphatic carbocycles. The third-order valence-corrected chi connectivity index (χ3v) is 6.30. The first-order valence-corrected chi connectivity index (χ1v) is 12.2. The number of urea groups is 1. The Labute approximate surface area is 237 Å². The van der Waals surface area contributed by atoms with Crippen LogP contribution in [0.15, 0.2) is 73.2 Å². The average molecular weight is 599 g/mol. The van der Waals surface area contributed by atoms with Crippen molar-refractivity contribution < 1.29 is 35.9 Å². The van der Waals surface area contributed by atoms with Gasteiger partial charge in [-0.25, -0.2) is 4.79 Å².